The van der Waals surface area contributed by atoms with Gasteiger partial charge in [-0.3, -0.25) is 0 Å². The van der Waals surface area contributed by atoms with E-state index in [4.69, 9.17) is 5.73 Å². The number of rotatable bonds is 8. The minimum Gasteiger partial charge on any atom is -0.329 e. The third kappa shape index (κ3) is 4.43. The highest BCUT2D eigenvalue weighted by Gasteiger charge is 2.21. The van der Waals surface area contributed by atoms with Gasteiger partial charge in [-0.25, -0.2) is 0 Å². The Bertz CT molecular complexity index is 143. The molecule has 0 saturated heterocycles. The van der Waals surface area contributed by atoms with Gasteiger partial charge < -0.3 is 11.1 Å². The molecule has 0 aliphatic heterocycles. The van der Waals surface area contributed by atoms with Crippen molar-refractivity contribution >= 4 is 0 Å². The van der Waals surface area contributed by atoms with Gasteiger partial charge in [0, 0.05) is 12.6 Å². The van der Waals surface area contributed by atoms with Gasteiger partial charge in [0.15, 0.2) is 0 Å². The van der Waals surface area contributed by atoms with Crippen LogP contribution in [0, 0.1) is 11.8 Å². The van der Waals surface area contributed by atoms with Crippen LogP contribution in [0.15, 0.2) is 0 Å². The fourth-order valence-corrected chi connectivity index (χ4v) is 2.05. The van der Waals surface area contributed by atoms with Crippen molar-refractivity contribution in [2.24, 2.45) is 17.6 Å². The quantitative estimate of drug-likeness (QED) is 0.627. The molecule has 0 aromatic carbocycles. The number of nitrogens with one attached hydrogen (secondary N) is 1. The maximum atomic E-state index is 5.77. The van der Waals surface area contributed by atoms with Gasteiger partial charge in [-0.1, -0.05) is 33.1 Å². The summed E-state index contributed by atoms with van der Waals surface area (Å²) in [6.07, 6.45) is 6.83. The Morgan fingerprint density at radius 2 is 2.14 bits per heavy atom. The monoisotopic (exact) mass is 198 g/mol. The van der Waals surface area contributed by atoms with E-state index in [0.29, 0.717) is 6.04 Å². The molecule has 2 unspecified atom stereocenters. The zero-order valence-electron chi connectivity index (χ0n) is 9.76. The van der Waals surface area contributed by atoms with Crippen LogP contribution in [0.2, 0.25) is 0 Å². The van der Waals surface area contributed by atoms with Crippen molar-refractivity contribution in [2.75, 3.05) is 13.1 Å². The van der Waals surface area contributed by atoms with Crippen molar-refractivity contribution < 1.29 is 0 Å². The van der Waals surface area contributed by atoms with Crippen LogP contribution >= 0.6 is 0 Å². The van der Waals surface area contributed by atoms with Gasteiger partial charge in [-0.15, -0.1) is 0 Å². The molecule has 0 spiro atoms. The molecule has 2 atom stereocenters. The summed E-state index contributed by atoms with van der Waals surface area (Å²) in [6.45, 7) is 6.51. The second kappa shape index (κ2) is 6.41. The molecule has 1 aliphatic carbocycles. The van der Waals surface area contributed by atoms with Crippen LogP contribution in [-0.2, 0) is 0 Å². The smallest absolute Gasteiger partial charge is 0.0215 e. The first-order valence-corrected chi connectivity index (χ1v) is 6.21. The maximum Gasteiger partial charge on any atom is 0.0215 e. The predicted octanol–water partition coefficient (Wildman–Crippen LogP) is 2.14. The zero-order valence-corrected chi connectivity index (χ0v) is 9.76. The minimum absolute atomic E-state index is 0.536. The van der Waals surface area contributed by atoms with E-state index in [0.717, 1.165) is 18.4 Å². The number of nitrogens with two attached hydrogens (primary N) is 1. The lowest BCUT2D eigenvalue weighted by molar-refractivity contribution is 0.356. The maximum absolute atomic E-state index is 5.77. The molecule has 2 heteroatoms. The van der Waals surface area contributed by atoms with Crippen LogP contribution in [0.4, 0.5) is 0 Å². The Kier molecular flexibility index (Phi) is 5.49. The van der Waals surface area contributed by atoms with E-state index in [-0.39, 0.29) is 0 Å². The highest BCUT2D eigenvalue weighted by molar-refractivity contribution is 4.78. The first-order chi connectivity index (χ1) is 6.77. The highest BCUT2D eigenvalue weighted by Crippen LogP contribution is 2.31. The Morgan fingerprint density at radius 3 is 2.64 bits per heavy atom. The van der Waals surface area contributed by atoms with Gasteiger partial charge in [0.05, 0.1) is 0 Å². The van der Waals surface area contributed by atoms with Gasteiger partial charge in [0.2, 0.25) is 0 Å². The SMILES string of the molecule is CCCC(C)C(CN)NCCC1CC1. The lowest BCUT2D eigenvalue weighted by Crippen LogP contribution is -2.41. The van der Waals surface area contributed by atoms with Gasteiger partial charge in [0.1, 0.15) is 0 Å². The van der Waals surface area contributed by atoms with Gasteiger partial charge in [-0.05, 0) is 31.2 Å². The van der Waals surface area contributed by atoms with Crippen molar-refractivity contribution in [2.45, 2.75) is 52.0 Å². The molecule has 84 valence electrons. The van der Waals surface area contributed by atoms with Crippen molar-refractivity contribution in [3.05, 3.63) is 0 Å². The largest absolute Gasteiger partial charge is 0.329 e. The van der Waals surface area contributed by atoms with Crippen LogP contribution in [0.25, 0.3) is 0 Å². The summed E-state index contributed by atoms with van der Waals surface area (Å²) in [5.74, 6) is 1.76. The molecule has 2 nitrogen and oxygen atoms in total. The van der Waals surface area contributed by atoms with E-state index in [1.165, 1.54) is 38.6 Å². The van der Waals surface area contributed by atoms with Crippen LogP contribution in [0.3, 0.4) is 0 Å². The van der Waals surface area contributed by atoms with E-state index < -0.39 is 0 Å². The molecule has 1 aliphatic rings. The third-order valence-electron chi connectivity index (χ3n) is 3.34. The Labute approximate surface area is 88.6 Å². The fraction of sp³-hybridized carbons (Fsp3) is 1.00. The zero-order chi connectivity index (χ0) is 10.4. The molecule has 1 saturated carbocycles. The Balaban J connectivity index is 2.08. The number of hydrogen-bond acceptors (Lipinski definition) is 2. The van der Waals surface area contributed by atoms with Crippen LogP contribution < -0.4 is 11.1 Å². The average molecular weight is 198 g/mol. The molecule has 0 aromatic heterocycles. The van der Waals surface area contributed by atoms with E-state index in [1.54, 1.807) is 0 Å². The normalized spacial score (nSPS) is 20.8. The van der Waals surface area contributed by atoms with Gasteiger partial charge >= 0.3 is 0 Å². The molecule has 14 heavy (non-hydrogen) atoms. The summed E-state index contributed by atoms with van der Waals surface area (Å²) in [5, 5.41) is 3.60. The van der Waals surface area contributed by atoms with Gasteiger partial charge in [-0.2, -0.15) is 0 Å². The summed E-state index contributed by atoms with van der Waals surface area (Å²) in [4.78, 5) is 0. The lowest BCUT2D eigenvalue weighted by atomic mass is 9.97. The topological polar surface area (TPSA) is 38.0 Å². The molecular formula is C12H26N2. The molecule has 0 bridgehead atoms. The molecule has 1 fully saturated rings. The molecule has 0 amide bonds. The molecule has 0 aromatic rings. The summed E-state index contributed by atoms with van der Waals surface area (Å²) in [6, 6.07) is 0.536. The fourth-order valence-electron chi connectivity index (χ4n) is 2.05. The average Bonchev–Trinajstić information content (AvgIpc) is 2.96. The summed E-state index contributed by atoms with van der Waals surface area (Å²) in [5.41, 5.74) is 5.77. The minimum atomic E-state index is 0.536. The highest BCUT2D eigenvalue weighted by atomic mass is 14.9. The second-order valence-electron chi connectivity index (χ2n) is 4.79. The Hall–Kier alpha value is -0.0800. The molecule has 1 rings (SSSR count). The molecule has 0 heterocycles. The number of hydrogen-bond donors (Lipinski definition) is 2. The third-order valence-corrected chi connectivity index (χ3v) is 3.34. The van der Waals surface area contributed by atoms with Crippen molar-refractivity contribution in [3.8, 4) is 0 Å². The van der Waals surface area contributed by atoms with Crippen molar-refractivity contribution in [1.29, 1.82) is 0 Å². The summed E-state index contributed by atoms with van der Waals surface area (Å²) >= 11 is 0. The van der Waals surface area contributed by atoms with Crippen LogP contribution in [-0.4, -0.2) is 19.1 Å². The van der Waals surface area contributed by atoms with E-state index >= 15 is 0 Å². The molecule has 3 N–H and O–H groups in total. The molecule has 0 radical (unpaired) electrons. The summed E-state index contributed by atoms with van der Waals surface area (Å²) < 4.78 is 0. The molecular weight excluding hydrogens is 172 g/mol. The lowest BCUT2D eigenvalue weighted by Gasteiger charge is -2.23. The second-order valence-corrected chi connectivity index (χ2v) is 4.79. The first-order valence-electron chi connectivity index (χ1n) is 6.21. The predicted molar refractivity (Wildman–Crippen MR) is 62.3 cm³/mol. The van der Waals surface area contributed by atoms with Crippen molar-refractivity contribution in [3.63, 3.8) is 0 Å². The Morgan fingerprint density at radius 1 is 1.43 bits per heavy atom. The van der Waals surface area contributed by atoms with Crippen LogP contribution in [0.5, 0.6) is 0 Å². The van der Waals surface area contributed by atoms with Crippen molar-refractivity contribution in [1.82, 2.24) is 5.32 Å². The summed E-state index contributed by atoms with van der Waals surface area (Å²) in [7, 11) is 0. The standard InChI is InChI=1S/C12H26N2/c1-3-4-10(2)12(9-13)14-8-7-11-5-6-11/h10-12,14H,3-9,13H2,1-2H3. The van der Waals surface area contributed by atoms with E-state index in [1.807, 2.05) is 0 Å². The van der Waals surface area contributed by atoms with E-state index in [2.05, 4.69) is 19.2 Å². The van der Waals surface area contributed by atoms with Crippen LogP contribution in [0.1, 0.15) is 46.0 Å². The van der Waals surface area contributed by atoms with E-state index in [9.17, 15) is 0 Å². The first kappa shape index (κ1) is 12.0. The van der Waals surface area contributed by atoms with Gasteiger partial charge in [0.25, 0.3) is 0 Å².